The van der Waals surface area contributed by atoms with E-state index < -0.39 is 14.9 Å². The van der Waals surface area contributed by atoms with Crippen molar-refractivity contribution in [3.63, 3.8) is 0 Å². The molecule has 4 nitrogen and oxygen atoms in total. The van der Waals surface area contributed by atoms with Gasteiger partial charge >= 0.3 is 0 Å². The van der Waals surface area contributed by atoms with Crippen LogP contribution in [0, 0.1) is 5.82 Å². The fraction of sp³-hybridized carbons (Fsp3) is 0.400. The summed E-state index contributed by atoms with van der Waals surface area (Å²) in [5.74, 6) is -0.696. The second-order valence-electron chi connectivity index (χ2n) is 3.26. The maximum atomic E-state index is 13.9. The summed E-state index contributed by atoms with van der Waals surface area (Å²) in [4.78, 5) is 0. The zero-order valence-electron chi connectivity index (χ0n) is 9.37. The third-order valence-electron chi connectivity index (χ3n) is 2.20. The highest BCUT2D eigenvalue weighted by atomic mass is 35.7. The molecule has 0 aromatic heterocycles. The highest BCUT2D eigenvalue weighted by Gasteiger charge is 2.17. The smallest absolute Gasteiger partial charge is 0.232 e. The van der Waals surface area contributed by atoms with Crippen molar-refractivity contribution < 1.29 is 22.3 Å². The van der Waals surface area contributed by atoms with Crippen LogP contribution in [0.3, 0.4) is 0 Å². The van der Waals surface area contributed by atoms with E-state index in [2.05, 4.69) is 0 Å². The molecule has 0 radical (unpaired) electrons. The SMILES string of the molecule is COc1ccc(OC)c(CCS(=O)(=O)Cl)c1F. The Morgan fingerprint density at radius 3 is 2.24 bits per heavy atom. The maximum Gasteiger partial charge on any atom is 0.232 e. The van der Waals surface area contributed by atoms with Crippen LogP contribution in [-0.2, 0) is 15.5 Å². The van der Waals surface area contributed by atoms with Crippen molar-refractivity contribution in [2.24, 2.45) is 0 Å². The van der Waals surface area contributed by atoms with Crippen molar-refractivity contribution in [1.82, 2.24) is 0 Å². The summed E-state index contributed by atoms with van der Waals surface area (Å²) in [7, 11) is 4.11. The van der Waals surface area contributed by atoms with E-state index in [1.165, 1.54) is 26.4 Å². The van der Waals surface area contributed by atoms with E-state index >= 15 is 0 Å². The first-order chi connectivity index (χ1) is 7.89. The average Bonchev–Trinajstić information content (AvgIpc) is 2.25. The van der Waals surface area contributed by atoms with Crippen molar-refractivity contribution in [1.29, 1.82) is 0 Å². The number of benzene rings is 1. The Bertz CT molecular complexity index is 501. The van der Waals surface area contributed by atoms with E-state index in [9.17, 15) is 12.8 Å². The lowest BCUT2D eigenvalue weighted by Gasteiger charge is -2.11. The van der Waals surface area contributed by atoms with Gasteiger partial charge in [-0.25, -0.2) is 12.8 Å². The molecule has 1 rings (SSSR count). The lowest BCUT2D eigenvalue weighted by atomic mass is 10.1. The molecule has 0 aliphatic carbocycles. The van der Waals surface area contributed by atoms with Crippen molar-refractivity contribution in [2.75, 3.05) is 20.0 Å². The minimum atomic E-state index is -3.67. The van der Waals surface area contributed by atoms with Gasteiger partial charge in [-0.1, -0.05) is 0 Å². The number of ether oxygens (including phenoxy) is 2. The first kappa shape index (κ1) is 14.1. The monoisotopic (exact) mass is 282 g/mol. The molecule has 0 aliphatic rings. The standard InChI is InChI=1S/C10H12ClFO4S/c1-15-8-3-4-9(16-2)10(12)7(8)5-6-17(11,13)14/h3-4H,5-6H2,1-2H3. The fourth-order valence-electron chi connectivity index (χ4n) is 1.39. The van der Waals surface area contributed by atoms with Gasteiger partial charge in [-0.2, -0.15) is 0 Å². The van der Waals surface area contributed by atoms with Gasteiger partial charge in [0.15, 0.2) is 11.6 Å². The van der Waals surface area contributed by atoms with Crippen LogP contribution in [0.2, 0.25) is 0 Å². The summed E-state index contributed by atoms with van der Waals surface area (Å²) in [6.45, 7) is 0. The molecule has 17 heavy (non-hydrogen) atoms. The minimum Gasteiger partial charge on any atom is -0.496 e. The first-order valence-electron chi connectivity index (χ1n) is 4.70. The molecule has 0 fully saturated rings. The van der Waals surface area contributed by atoms with Crippen molar-refractivity contribution in [2.45, 2.75) is 6.42 Å². The van der Waals surface area contributed by atoms with E-state index in [-0.39, 0.29) is 29.2 Å². The summed E-state index contributed by atoms with van der Waals surface area (Å²) < 4.78 is 45.3. The van der Waals surface area contributed by atoms with Gasteiger partial charge in [-0.3, -0.25) is 0 Å². The largest absolute Gasteiger partial charge is 0.496 e. The third kappa shape index (κ3) is 3.74. The second kappa shape index (κ2) is 5.55. The van der Waals surface area contributed by atoms with Gasteiger partial charge in [0.25, 0.3) is 0 Å². The molecule has 0 bridgehead atoms. The molecule has 0 atom stereocenters. The van der Waals surface area contributed by atoms with Crippen LogP contribution in [0.1, 0.15) is 5.56 Å². The Morgan fingerprint density at radius 1 is 1.24 bits per heavy atom. The molecule has 0 spiro atoms. The predicted molar refractivity (Wildman–Crippen MR) is 62.8 cm³/mol. The average molecular weight is 283 g/mol. The van der Waals surface area contributed by atoms with Gasteiger partial charge in [0.2, 0.25) is 9.05 Å². The van der Waals surface area contributed by atoms with E-state index in [4.69, 9.17) is 20.2 Å². The fourth-order valence-corrected chi connectivity index (χ4v) is 2.07. The number of rotatable bonds is 5. The Kier molecular flexibility index (Phi) is 4.59. The minimum absolute atomic E-state index is 0.0350. The molecule has 7 heteroatoms. The summed E-state index contributed by atoms with van der Waals surface area (Å²) >= 11 is 0. The summed E-state index contributed by atoms with van der Waals surface area (Å²) in [6, 6.07) is 2.92. The number of halogens is 2. The van der Waals surface area contributed by atoms with E-state index in [0.717, 1.165) is 0 Å². The normalized spacial score (nSPS) is 11.3. The molecule has 96 valence electrons. The van der Waals surface area contributed by atoms with Crippen LogP contribution in [0.5, 0.6) is 11.5 Å². The number of methoxy groups -OCH3 is 2. The van der Waals surface area contributed by atoms with Crippen LogP contribution < -0.4 is 9.47 Å². The quantitative estimate of drug-likeness (QED) is 0.775. The maximum absolute atomic E-state index is 13.9. The predicted octanol–water partition coefficient (Wildman–Crippen LogP) is 1.95. The van der Waals surface area contributed by atoms with Gasteiger partial charge in [-0.05, 0) is 18.6 Å². The van der Waals surface area contributed by atoms with E-state index in [1.807, 2.05) is 0 Å². The Balaban J connectivity index is 3.10. The molecule has 0 unspecified atom stereocenters. The highest BCUT2D eigenvalue weighted by molar-refractivity contribution is 8.13. The van der Waals surface area contributed by atoms with Crippen LogP contribution in [-0.4, -0.2) is 28.4 Å². The van der Waals surface area contributed by atoms with E-state index in [0.29, 0.717) is 0 Å². The van der Waals surface area contributed by atoms with Gasteiger partial charge in [0.05, 0.1) is 20.0 Å². The molecule has 0 N–H and O–H groups in total. The number of hydrogen-bond donors (Lipinski definition) is 0. The highest BCUT2D eigenvalue weighted by Crippen LogP contribution is 2.29. The summed E-state index contributed by atoms with van der Waals surface area (Å²) in [5, 5.41) is 0. The van der Waals surface area contributed by atoms with Gasteiger partial charge in [0.1, 0.15) is 5.75 Å². The van der Waals surface area contributed by atoms with Crippen molar-refractivity contribution >= 4 is 19.7 Å². The van der Waals surface area contributed by atoms with Crippen molar-refractivity contribution in [3.05, 3.63) is 23.5 Å². The van der Waals surface area contributed by atoms with Crippen molar-refractivity contribution in [3.8, 4) is 11.5 Å². The lowest BCUT2D eigenvalue weighted by molar-refractivity contribution is 0.372. The molecule has 0 amide bonds. The molecule has 1 aromatic carbocycles. The second-order valence-corrected chi connectivity index (χ2v) is 6.15. The lowest BCUT2D eigenvalue weighted by Crippen LogP contribution is -2.06. The van der Waals surface area contributed by atoms with Crippen LogP contribution in [0.4, 0.5) is 4.39 Å². The van der Waals surface area contributed by atoms with Crippen LogP contribution in [0.15, 0.2) is 12.1 Å². The molecule has 0 saturated carbocycles. The molecular weight excluding hydrogens is 271 g/mol. The zero-order chi connectivity index (χ0) is 13.1. The first-order valence-corrected chi connectivity index (χ1v) is 7.18. The van der Waals surface area contributed by atoms with Gasteiger partial charge < -0.3 is 9.47 Å². The zero-order valence-corrected chi connectivity index (χ0v) is 10.9. The van der Waals surface area contributed by atoms with Crippen LogP contribution in [0.25, 0.3) is 0 Å². The van der Waals surface area contributed by atoms with Gasteiger partial charge in [0, 0.05) is 16.2 Å². The number of hydrogen-bond acceptors (Lipinski definition) is 4. The topological polar surface area (TPSA) is 52.6 Å². The molecule has 0 aliphatic heterocycles. The molecule has 0 saturated heterocycles. The summed E-state index contributed by atoms with van der Waals surface area (Å²) in [5.41, 5.74) is 0.135. The van der Waals surface area contributed by atoms with Gasteiger partial charge in [-0.15, -0.1) is 0 Å². The Hall–Kier alpha value is -1.01. The Labute approximate surface area is 104 Å². The molecule has 1 aromatic rings. The third-order valence-corrected chi connectivity index (χ3v) is 3.36. The molecule has 0 heterocycles. The summed E-state index contributed by atoms with van der Waals surface area (Å²) in [6.07, 6.45) is -0.0714. The Morgan fingerprint density at radius 2 is 1.76 bits per heavy atom. The molecular formula is C10H12ClFO4S. The van der Waals surface area contributed by atoms with Crippen LogP contribution >= 0.6 is 10.7 Å². The van der Waals surface area contributed by atoms with E-state index in [1.54, 1.807) is 0 Å².